The molecule has 0 aliphatic rings. The average Bonchev–Trinajstić information content (AvgIpc) is 2.31. The molecule has 4 heteroatoms. The van der Waals surface area contributed by atoms with Gasteiger partial charge in [0.25, 0.3) is 0 Å². The zero-order valence-electron chi connectivity index (χ0n) is 11.3. The van der Waals surface area contributed by atoms with Gasteiger partial charge in [-0.15, -0.1) is 0 Å². The van der Waals surface area contributed by atoms with Gasteiger partial charge in [0.15, 0.2) is 0 Å². The van der Waals surface area contributed by atoms with Crippen LogP contribution in [-0.2, 0) is 11.2 Å². The topological polar surface area (TPSA) is 58.4 Å². The zero-order valence-corrected chi connectivity index (χ0v) is 11.3. The molecule has 1 rings (SSSR count). The molecule has 0 aromatic heterocycles. The van der Waals surface area contributed by atoms with Crippen LogP contribution in [0.2, 0.25) is 0 Å². The normalized spacial score (nSPS) is 10.6. The molecule has 0 aliphatic carbocycles. The highest BCUT2D eigenvalue weighted by molar-refractivity contribution is 5.78. The lowest BCUT2D eigenvalue weighted by atomic mass is 10.1. The minimum absolute atomic E-state index is 0.0737. The summed E-state index contributed by atoms with van der Waals surface area (Å²) < 4.78 is 0. The summed E-state index contributed by atoms with van der Waals surface area (Å²) in [6.07, 6.45) is 2.55. The molecule has 3 N–H and O–H groups in total. The minimum Gasteiger partial charge on any atom is -0.399 e. The largest absolute Gasteiger partial charge is 0.399 e. The number of nitrogens with zero attached hydrogens (tertiary/aromatic N) is 1. The molecule has 100 valence electrons. The molecule has 0 unspecified atom stereocenters. The molecule has 0 aliphatic heterocycles. The lowest BCUT2D eigenvalue weighted by Crippen LogP contribution is -2.26. The van der Waals surface area contributed by atoms with Crippen LogP contribution in [0.3, 0.4) is 0 Å². The number of carbonyl (C=O) groups excluding carboxylic acids is 1. The molecule has 0 saturated carbocycles. The van der Waals surface area contributed by atoms with Gasteiger partial charge in [-0.2, -0.15) is 0 Å². The Bertz CT molecular complexity index is 360. The second-order valence-electron chi connectivity index (χ2n) is 4.78. The van der Waals surface area contributed by atoms with Gasteiger partial charge in [0.05, 0.1) is 6.42 Å². The van der Waals surface area contributed by atoms with E-state index in [2.05, 4.69) is 24.3 Å². The molecule has 1 aromatic carbocycles. The Hall–Kier alpha value is -1.55. The number of benzene rings is 1. The number of rotatable bonds is 7. The molecule has 0 heterocycles. The van der Waals surface area contributed by atoms with Gasteiger partial charge in [-0.25, -0.2) is 0 Å². The lowest BCUT2D eigenvalue weighted by Gasteiger charge is -2.09. The van der Waals surface area contributed by atoms with Crippen LogP contribution in [0.25, 0.3) is 0 Å². The summed E-state index contributed by atoms with van der Waals surface area (Å²) in [5, 5.41) is 2.93. The van der Waals surface area contributed by atoms with E-state index in [0.717, 1.165) is 37.2 Å². The number of nitrogens with two attached hydrogens (primary N) is 1. The van der Waals surface area contributed by atoms with Crippen molar-refractivity contribution in [3.05, 3.63) is 29.8 Å². The van der Waals surface area contributed by atoms with Crippen molar-refractivity contribution in [3.8, 4) is 0 Å². The molecule has 1 aromatic rings. The molecule has 4 nitrogen and oxygen atoms in total. The number of unbranched alkanes of at least 4 members (excludes halogenated alkanes) is 1. The number of nitrogens with one attached hydrogen (secondary N) is 1. The summed E-state index contributed by atoms with van der Waals surface area (Å²) in [7, 11) is 4.11. The van der Waals surface area contributed by atoms with Gasteiger partial charge >= 0.3 is 0 Å². The molecule has 0 fully saturated rings. The fourth-order valence-corrected chi connectivity index (χ4v) is 1.66. The van der Waals surface area contributed by atoms with Crippen molar-refractivity contribution in [2.75, 3.05) is 32.9 Å². The van der Waals surface area contributed by atoms with Gasteiger partial charge in [0.2, 0.25) is 5.91 Å². The molecule has 0 bridgehead atoms. The van der Waals surface area contributed by atoms with Gasteiger partial charge in [0, 0.05) is 12.2 Å². The monoisotopic (exact) mass is 249 g/mol. The van der Waals surface area contributed by atoms with E-state index in [1.807, 2.05) is 24.3 Å². The van der Waals surface area contributed by atoms with Gasteiger partial charge in [-0.1, -0.05) is 12.1 Å². The molecule has 0 radical (unpaired) electrons. The van der Waals surface area contributed by atoms with Crippen LogP contribution in [0.5, 0.6) is 0 Å². The van der Waals surface area contributed by atoms with Crippen LogP contribution >= 0.6 is 0 Å². The van der Waals surface area contributed by atoms with Gasteiger partial charge in [-0.05, 0) is 51.2 Å². The highest BCUT2D eigenvalue weighted by atomic mass is 16.1. The number of nitrogen functional groups attached to an aromatic ring is 1. The highest BCUT2D eigenvalue weighted by Crippen LogP contribution is 2.05. The van der Waals surface area contributed by atoms with Crippen molar-refractivity contribution < 1.29 is 4.79 Å². The first-order chi connectivity index (χ1) is 8.58. The fourth-order valence-electron chi connectivity index (χ4n) is 1.66. The number of hydrogen-bond acceptors (Lipinski definition) is 3. The van der Waals surface area contributed by atoms with E-state index in [9.17, 15) is 4.79 Å². The molecule has 1 amide bonds. The Morgan fingerprint density at radius 3 is 2.50 bits per heavy atom. The standard InChI is InChI=1S/C14H23N3O/c1-17(2)10-4-3-9-16-14(18)11-12-5-7-13(15)8-6-12/h5-8H,3-4,9-11,15H2,1-2H3,(H,16,18). The van der Waals surface area contributed by atoms with E-state index < -0.39 is 0 Å². The quantitative estimate of drug-likeness (QED) is 0.565. The third-order valence-corrected chi connectivity index (χ3v) is 2.70. The maximum Gasteiger partial charge on any atom is 0.224 e. The maximum absolute atomic E-state index is 11.6. The average molecular weight is 249 g/mol. The number of hydrogen-bond donors (Lipinski definition) is 2. The minimum atomic E-state index is 0.0737. The Labute approximate surface area is 109 Å². The van der Waals surface area contributed by atoms with Crippen molar-refractivity contribution in [1.82, 2.24) is 10.2 Å². The maximum atomic E-state index is 11.6. The Morgan fingerprint density at radius 2 is 1.89 bits per heavy atom. The lowest BCUT2D eigenvalue weighted by molar-refractivity contribution is -0.120. The molecular weight excluding hydrogens is 226 g/mol. The smallest absolute Gasteiger partial charge is 0.224 e. The van der Waals surface area contributed by atoms with Gasteiger partial charge in [0.1, 0.15) is 0 Å². The summed E-state index contributed by atoms with van der Waals surface area (Å²) in [6.45, 7) is 1.81. The first-order valence-electron chi connectivity index (χ1n) is 6.34. The number of anilines is 1. The molecular formula is C14H23N3O. The summed E-state index contributed by atoms with van der Waals surface area (Å²) in [5.41, 5.74) is 7.31. The summed E-state index contributed by atoms with van der Waals surface area (Å²) in [5.74, 6) is 0.0737. The third kappa shape index (κ3) is 6.25. The number of carbonyl (C=O) groups is 1. The van der Waals surface area contributed by atoms with E-state index in [1.54, 1.807) is 0 Å². The van der Waals surface area contributed by atoms with Crippen LogP contribution in [0, 0.1) is 0 Å². The van der Waals surface area contributed by atoms with Crippen molar-refractivity contribution in [2.45, 2.75) is 19.3 Å². The Kier molecular flexibility index (Phi) is 6.22. The number of amides is 1. The molecule has 18 heavy (non-hydrogen) atoms. The second kappa shape index (κ2) is 7.71. The van der Waals surface area contributed by atoms with Crippen LogP contribution in [0.1, 0.15) is 18.4 Å². The fraction of sp³-hybridized carbons (Fsp3) is 0.500. The van der Waals surface area contributed by atoms with Gasteiger partial charge in [-0.3, -0.25) is 4.79 Å². The third-order valence-electron chi connectivity index (χ3n) is 2.70. The van der Waals surface area contributed by atoms with Crippen molar-refractivity contribution in [1.29, 1.82) is 0 Å². The summed E-state index contributed by atoms with van der Waals surface area (Å²) in [4.78, 5) is 13.8. The first kappa shape index (κ1) is 14.5. The van der Waals surface area contributed by atoms with Crippen LogP contribution in [-0.4, -0.2) is 38.0 Å². The van der Waals surface area contributed by atoms with Crippen molar-refractivity contribution >= 4 is 11.6 Å². The highest BCUT2D eigenvalue weighted by Gasteiger charge is 2.02. The molecule has 0 saturated heterocycles. The Morgan fingerprint density at radius 1 is 1.22 bits per heavy atom. The van der Waals surface area contributed by atoms with Gasteiger partial charge < -0.3 is 16.0 Å². The second-order valence-corrected chi connectivity index (χ2v) is 4.78. The van der Waals surface area contributed by atoms with Crippen LogP contribution in [0.15, 0.2) is 24.3 Å². The van der Waals surface area contributed by atoms with E-state index in [4.69, 9.17) is 5.73 Å². The SMILES string of the molecule is CN(C)CCCCNC(=O)Cc1ccc(N)cc1. The van der Waals surface area contributed by atoms with E-state index in [-0.39, 0.29) is 5.91 Å². The predicted octanol–water partition coefficient (Wildman–Crippen LogP) is 1.27. The van der Waals surface area contributed by atoms with E-state index in [0.29, 0.717) is 6.42 Å². The van der Waals surface area contributed by atoms with E-state index in [1.165, 1.54) is 0 Å². The van der Waals surface area contributed by atoms with E-state index >= 15 is 0 Å². The predicted molar refractivity (Wildman–Crippen MR) is 75.4 cm³/mol. The molecule has 0 atom stereocenters. The molecule has 0 spiro atoms. The van der Waals surface area contributed by atoms with Crippen LogP contribution in [0.4, 0.5) is 5.69 Å². The van der Waals surface area contributed by atoms with Crippen molar-refractivity contribution in [2.24, 2.45) is 0 Å². The first-order valence-corrected chi connectivity index (χ1v) is 6.34. The summed E-state index contributed by atoms with van der Waals surface area (Å²) >= 11 is 0. The Balaban J connectivity index is 2.16. The van der Waals surface area contributed by atoms with Crippen LogP contribution < -0.4 is 11.1 Å². The zero-order chi connectivity index (χ0) is 13.4. The summed E-state index contributed by atoms with van der Waals surface area (Å²) in [6, 6.07) is 7.42. The van der Waals surface area contributed by atoms with Crippen molar-refractivity contribution in [3.63, 3.8) is 0 Å².